The van der Waals surface area contributed by atoms with E-state index < -0.39 is 0 Å². The summed E-state index contributed by atoms with van der Waals surface area (Å²) in [6.45, 7) is 0. The summed E-state index contributed by atoms with van der Waals surface area (Å²) >= 11 is 1.71. The fourth-order valence-corrected chi connectivity index (χ4v) is 0.799. The molecule has 0 fully saturated rings. The van der Waals surface area contributed by atoms with Gasteiger partial charge in [-0.05, 0) is 18.4 Å². The fraction of sp³-hybridized carbons (Fsp3) is 0.800. The van der Waals surface area contributed by atoms with E-state index in [-0.39, 0.29) is 12.2 Å². The van der Waals surface area contributed by atoms with Crippen molar-refractivity contribution in [3.05, 3.63) is 0 Å². The van der Waals surface area contributed by atoms with Gasteiger partial charge in [0.05, 0.1) is 12.1 Å². The van der Waals surface area contributed by atoms with Crippen LogP contribution in [0.25, 0.3) is 0 Å². The Labute approximate surface area is 60.2 Å². The van der Waals surface area contributed by atoms with E-state index in [1.54, 1.807) is 11.8 Å². The molecular weight excluding hydrogens is 134 g/mol. The SMILES string of the molecule is CSCCC(N)C#N.N. The minimum atomic E-state index is -0.262. The van der Waals surface area contributed by atoms with Crippen LogP contribution in [0.2, 0.25) is 0 Å². The number of nitrogens with two attached hydrogens (primary N) is 1. The van der Waals surface area contributed by atoms with Crippen LogP contribution in [-0.2, 0) is 0 Å². The Kier molecular flexibility index (Phi) is 9.95. The highest BCUT2D eigenvalue weighted by Gasteiger charge is 1.95. The molecule has 0 amide bonds. The summed E-state index contributed by atoms with van der Waals surface area (Å²) in [5.74, 6) is 0.981. The molecule has 1 unspecified atom stereocenters. The number of hydrogen-bond donors (Lipinski definition) is 2. The summed E-state index contributed by atoms with van der Waals surface area (Å²) in [5.41, 5.74) is 5.28. The summed E-state index contributed by atoms with van der Waals surface area (Å²) < 4.78 is 0. The highest BCUT2D eigenvalue weighted by Crippen LogP contribution is 1.96. The van der Waals surface area contributed by atoms with Crippen LogP contribution >= 0.6 is 11.8 Å². The highest BCUT2D eigenvalue weighted by molar-refractivity contribution is 7.98. The van der Waals surface area contributed by atoms with Crippen molar-refractivity contribution in [1.82, 2.24) is 6.15 Å². The van der Waals surface area contributed by atoms with Crippen molar-refractivity contribution in [2.45, 2.75) is 12.5 Å². The molecule has 0 saturated heterocycles. The lowest BCUT2D eigenvalue weighted by molar-refractivity contribution is 0.804. The fourth-order valence-electron chi connectivity index (χ4n) is 0.309. The summed E-state index contributed by atoms with van der Waals surface area (Å²) in [6.07, 6.45) is 2.81. The smallest absolute Gasteiger partial charge is 0.0935 e. The third kappa shape index (κ3) is 7.76. The monoisotopic (exact) mass is 147 g/mol. The molecule has 54 valence electrons. The van der Waals surface area contributed by atoms with Gasteiger partial charge in [-0.3, -0.25) is 0 Å². The molecule has 3 nitrogen and oxygen atoms in total. The molecule has 0 spiro atoms. The number of nitriles is 1. The zero-order chi connectivity index (χ0) is 6.41. The van der Waals surface area contributed by atoms with Gasteiger partial charge in [0.2, 0.25) is 0 Å². The molecule has 0 aromatic rings. The molecule has 0 saturated carbocycles. The first-order chi connectivity index (χ1) is 3.81. The molecule has 9 heavy (non-hydrogen) atoms. The van der Waals surface area contributed by atoms with Crippen LogP contribution in [0.3, 0.4) is 0 Å². The van der Waals surface area contributed by atoms with Crippen molar-refractivity contribution in [1.29, 1.82) is 5.26 Å². The lowest BCUT2D eigenvalue weighted by Gasteiger charge is -1.96. The van der Waals surface area contributed by atoms with Gasteiger partial charge < -0.3 is 11.9 Å². The summed E-state index contributed by atoms with van der Waals surface area (Å²) in [7, 11) is 0. The molecule has 4 heteroatoms. The van der Waals surface area contributed by atoms with Crippen molar-refractivity contribution in [3.8, 4) is 6.07 Å². The van der Waals surface area contributed by atoms with Crippen LogP contribution in [-0.4, -0.2) is 18.1 Å². The van der Waals surface area contributed by atoms with Gasteiger partial charge in [-0.2, -0.15) is 17.0 Å². The van der Waals surface area contributed by atoms with E-state index >= 15 is 0 Å². The second-order valence-corrected chi connectivity index (χ2v) is 2.50. The second-order valence-electron chi connectivity index (χ2n) is 1.52. The molecule has 0 aliphatic carbocycles. The van der Waals surface area contributed by atoms with E-state index in [2.05, 4.69) is 0 Å². The second kappa shape index (κ2) is 7.76. The average molecular weight is 147 g/mol. The Bertz CT molecular complexity index is 88.7. The molecule has 0 bridgehead atoms. The zero-order valence-electron chi connectivity index (χ0n) is 5.63. The van der Waals surface area contributed by atoms with Crippen LogP contribution in [0, 0.1) is 11.3 Å². The van der Waals surface area contributed by atoms with Gasteiger partial charge in [0, 0.05) is 0 Å². The first-order valence-corrected chi connectivity index (χ1v) is 3.84. The number of nitrogens with zero attached hydrogens (tertiary/aromatic N) is 1. The van der Waals surface area contributed by atoms with Gasteiger partial charge >= 0.3 is 0 Å². The van der Waals surface area contributed by atoms with Crippen molar-refractivity contribution in [3.63, 3.8) is 0 Å². The lowest BCUT2D eigenvalue weighted by Crippen LogP contribution is -2.17. The normalized spacial score (nSPS) is 11.2. The summed E-state index contributed by atoms with van der Waals surface area (Å²) in [4.78, 5) is 0. The van der Waals surface area contributed by atoms with E-state index in [0.717, 1.165) is 12.2 Å². The third-order valence-electron chi connectivity index (χ3n) is 0.799. The molecule has 0 aromatic carbocycles. The predicted molar refractivity (Wildman–Crippen MR) is 41.6 cm³/mol. The molecule has 0 heterocycles. The minimum Gasteiger partial charge on any atom is -0.344 e. The maximum Gasteiger partial charge on any atom is 0.0935 e. The van der Waals surface area contributed by atoms with Crippen molar-refractivity contribution in [2.75, 3.05) is 12.0 Å². The van der Waals surface area contributed by atoms with Gasteiger partial charge in [0.1, 0.15) is 0 Å². The van der Waals surface area contributed by atoms with Crippen LogP contribution in [0.5, 0.6) is 0 Å². The summed E-state index contributed by atoms with van der Waals surface area (Å²) in [6, 6.07) is 1.70. The molecular formula is C5H13N3S. The highest BCUT2D eigenvalue weighted by atomic mass is 32.2. The van der Waals surface area contributed by atoms with Gasteiger partial charge in [-0.25, -0.2) is 0 Å². The van der Waals surface area contributed by atoms with Crippen LogP contribution < -0.4 is 11.9 Å². The largest absolute Gasteiger partial charge is 0.344 e. The van der Waals surface area contributed by atoms with E-state index in [9.17, 15) is 0 Å². The van der Waals surface area contributed by atoms with E-state index in [1.807, 2.05) is 12.3 Å². The first kappa shape index (κ1) is 11.5. The maximum absolute atomic E-state index is 8.18. The Morgan fingerprint density at radius 1 is 1.78 bits per heavy atom. The van der Waals surface area contributed by atoms with E-state index in [0.29, 0.717) is 0 Å². The van der Waals surface area contributed by atoms with Gasteiger partial charge in [0.25, 0.3) is 0 Å². The van der Waals surface area contributed by atoms with Gasteiger partial charge in [-0.1, -0.05) is 0 Å². The third-order valence-corrected chi connectivity index (χ3v) is 1.44. The minimum absolute atomic E-state index is 0. The predicted octanol–water partition coefficient (Wildman–Crippen LogP) is 0.752. The van der Waals surface area contributed by atoms with Gasteiger partial charge in [0.15, 0.2) is 0 Å². The standard InChI is InChI=1S/C5H10N2S.H3N/c1-8-3-2-5(7)4-6;/h5H,2-3,7H2,1H3;1H3. The van der Waals surface area contributed by atoms with Gasteiger partial charge in [-0.15, -0.1) is 0 Å². The Morgan fingerprint density at radius 3 is 2.67 bits per heavy atom. The number of rotatable bonds is 3. The van der Waals surface area contributed by atoms with Crippen molar-refractivity contribution < 1.29 is 0 Å². The topological polar surface area (TPSA) is 84.8 Å². The Hall–Kier alpha value is -0.240. The summed E-state index contributed by atoms with van der Waals surface area (Å²) in [5, 5.41) is 8.18. The van der Waals surface area contributed by atoms with Crippen LogP contribution in [0.1, 0.15) is 6.42 Å². The zero-order valence-corrected chi connectivity index (χ0v) is 6.45. The quantitative estimate of drug-likeness (QED) is 0.617. The molecule has 0 rings (SSSR count). The maximum atomic E-state index is 8.18. The number of thioether (sulfide) groups is 1. The van der Waals surface area contributed by atoms with E-state index in [1.165, 1.54) is 0 Å². The molecule has 5 N–H and O–H groups in total. The van der Waals surface area contributed by atoms with Crippen LogP contribution in [0.15, 0.2) is 0 Å². The lowest BCUT2D eigenvalue weighted by atomic mass is 10.3. The van der Waals surface area contributed by atoms with Crippen molar-refractivity contribution in [2.24, 2.45) is 5.73 Å². The number of hydrogen-bond acceptors (Lipinski definition) is 4. The average Bonchev–Trinajstić information content (AvgIpc) is 1.83. The molecule has 0 aromatic heterocycles. The Morgan fingerprint density at radius 2 is 2.33 bits per heavy atom. The molecule has 0 radical (unpaired) electrons. The Balaban J connectivity index is 0. The van der Waals surface area contributed by atoms with Crippen molar-refractivity contribution >= 4 is 11.8 Å². The molecule has 0 aliphatic heterocycles. The van der Waals surface area contributed by atoms with Crippen LogP contribution in [0.4, 0.5) is 0 Å². The molecule has 1 atom stereocenters. The first-order valence-electron chi connectivity index (χ1n) is 2.45. The molecule has 0 aliphatic rings. The van der Waals surface area contributed by atoms with E-state index in [4.69, 9.17) is 11.0 Å².